The van der Waals surface area contributed by atoms with Gasteiger partial charge in [-0.2, -0.15) is 13.2 Å². The molecule has 2 aliphatic heterocycles. The summed E-state index contributed by atoms with van der Waals surface area (Å²) in [5.41, 5.74) is -2.06. The molecule has 5 rings (SSSR count). The lowest BCUT2D eigenvalue weighted by molar-refractivity contribution is -0.164. The Labute approximate surface area is 249 Å². The van der Waals surface area contributed by atoms with Crippen molar-refractivity contribution in [3.63, 3.8) is 0 Å². The van der Waals surface area contributed by atoms with Gasteiger partial charge in [0.2, 0.25) is 0 Å². The van der Waals surface area contributed by atoms with E-state index in [2.05, 4.69) is 26.8 Å². The van der Waals surface area contributed by atoms with Gasteiger partial charge in [-0.25, -0.2) is 24.1 Å². The van der Waals surface area contributed by atoms with E-state index in [4.69, 9.17) is 4.74 Å². The molecule has 2 aromatic heterocycles. The zero-order chi connectivity index (χ0) is 30.9. The van der Waals surface area contributed by atoms with E-state index in [1.807, 2.05) is 4.90 Å². The Morgan fingerprint density at radius 2 is 1.91 bits per heavy atom. The molecule has 43 heavy (non-hydrogen) atoms. The van der Waals surface area contributed by atoms with Crippen LogP contribution >= 0.6 is 11.3 Å². The minimum atomic E-state index is -4.86. The van der Waals surface area contributed by atoms with Crippen LogP contribution in [-0.4, -0.2) is 75.1 Å². The quantitative estimate of drug-likeness (QED) is 0.254. The van der Waals surface area contributed by atoms with Gasteiger partial charge in [0, 0.05) is 56.1 Å². The third-order valence-electron chi connectivity index (χ3n) is 8.24. The highest BCUT2D eigenvalue weighted by Gasteiger charge is 2.42. The van der Waals surface area contributed by atoms with Crippen molar-refractivity contribution in [2.75, 3.05) is 31.6 Å². The number of ketones is 1. The van der Waals surface area contributed by atoms with E-state index in [9.17, 15) is 32.3 Å². The predicted octanol–water partition coefficient (Wildman–Crippen LogP) is 5.24. The van der Waals surface area contributed by atoms with Gasteiger partial charge in [-0.05, 0) is 44.5 Å². The van der Waals surface area contributed by atoms with Crippen LogP contribution in [0, 0.1) is 5.82 Å². The van der Waals surface area contributed by atoms with Crippen LogP contribution in [0.1, 0.15) is 58.5 Å². The number of rotatable bonds is 9. The van der Waals surface area contributed by atoms with Crippen LogP contribution in [0.2, 0.25) is 0 Å². The maximum atomic E-state index is 14.0. The lowest BCUT2D eigenvalue weighted by Crippen LogP contribution is -2.51. The number of alkyl halides is 3. The van der Waals surface area contributed by atoms with Gasteiger partial charge >= 0.3 is 12.1 Å². The van der Waals surface area contributed by atoms with Gasteiger partial charge in [0.15, 0.2) is 11.4 Å². The molecule has 1 atom stereocenters. The van der Waals surface area contributed by atoms with Crippen LogP contribution in [0.5, 0.6) is 0 Å². The van der Waals surface area contributed by atoms with Gasteiger partial charge in [-0.3, -0.25) is 9.69 Å². The van der Waals surface area contributed by atoms with Crippen molar-refractivity contribution in [1.82, 2.24) is 19.9 Å². The molecule has 14 heteroatoms. The minimum Gasteiger partial charge on any atom is -0.479 e. The number of nitrogens with zero attached hydrogens (tertiary/aromatic N) is 5. The first-order valence-electron chi connectivity index (χ1n) is 13.9. The number of aliphatic carboxylic acids is 1. The zero-order valence-corrected chi connectivity index (χ0v) is 24.5. The lowest BCUT2D eigenvalue weighted by atomic mass is 9.91. The molecule has 2 saturated heterocycles. The average Bonchev–Trinajstić information content (AvgIpc) is 3.57. The molecule has 0 spiro atoms. The van der Waals surface area contributed by atoms with Crippen LogP contribution in [0.4, 0.5) is 23.4 Å². The Morgan fingerprint density at radius 3 is 2.49 bits per heavy atom. The van der Waals surface area contributed by atoms with Crippen molar-refractivity contribution in [1.29, 1.82) is 0 Å². The zero-order valence-electron chi connectivity index (χ0n) is 23.7. The van der Waals surface area contributed by atoms with Crippen molar-refractivity contribution in [2.45, 2.75) is 63.4 Å². The van der Waals surface area contributed by atoms with Gasteiger partial charge < -0.3 is 14.7 Å². The number of hydrogen-bond acceptors (Lipinski definition) is 9. The van der Waals surface area contributed by atoms with Crippen LogP contribution in [0.25, 0.3) is 11.3 Å². The van der Waals surface area contributed by atoms with E-state index in [1.165, 1.54) is 36.9 Å². The van der Waals surface area contributed by atoms with Gasteiger partial charge in [0.1, 0.15) is 22.3 Å². The summed E-state index contributed by atoms with van der Waals surface area (Å²) >= 11 is 1.25. The molecule has 0 aliphatic carbocycles. The summed E-state index contributed by atoms with van der Waals surface area (Å²) in [6.45, 7) is 4.16. The smallest absolute Gasteiger partial charge is 0.419 e. The van der Waals surface area contributed by atoms with Crippen LogP contribution in [-0.2, 0) is 28.7 Å². The Hall–Kier alpha value is -3.49. The Kier molecular flexibility index (Phi) is 8.82. The first kappa shape index (κ1) is 31.0. The summed E-state index contributed by atoms with van der Waals surface area (Å²) in [6.07, 6.45) is 0.368. The fourth-order valence-corrected chi connectivity index (χ4v) is 6.68. The van der Waals surface area contributed by atoms with Crippen LogP contribution < -0.4 is 4.90 Å². The van der Waals surface area contributed by atoms with E-state index < -0.39 is 29.1 Å². The monoisotopic (exact) mass is 621 g/mol. The number of methoxy groups -OCH3 is 1. The van der Waals surface area contributed by atoms with Gasteiger partial charge in [0.25, 0.3) is 0 Å². The molecule has 4 heterocycles. The van der Waals surface area contributed by atoms with Gasteiger partial charge in [-0.1, -0.05) is 0 Å². The molecule has 1 aromatic carbocycles. The number of carboxylic acids is 1. The SMILES string of the molecule is COC1(C(=O)O)CCN(c2cnc(C(=O)Cc3nc(-c4ccc(F)c(C(F)(F)F)c4)c(CN4CCC[C@H]4C)s3)cn2)CC1. The highest BCUT2D eigenvalue weighted by Crippen LogP contribution is 2.37. The number of ether oxygens (including phenoxy) is 1. The summed E-state index contributed by atoms with van der Waals surface area (Å²) in [4.78, 5) is 42.7. The molecule has 0 unspecified atom stereocenters. The number of carbonyl (C=O) groups is 2. The number of benzene rings is 1. The average molecular weight is 622 g/mol. The maximum Gasteiger partial charge on any atom is 0.419 e. The molecule has 0 radical (unpaired) electrons. The number of aromatic nitrogens is 3. The van der Waals surface area contributed by atoms with Crippen LogP contribution in [0.15, 0.2) is 30.6 Å². The molecule has 3 aromatic rings. The van der Waals surface area contributed by atoms with Crippen molar-refractivity contribution < 1.29 is 37.0 Å². The fourth-order valence-electron chi connectivity index (χ4n) is 5.57. The molecule has 1 N–H and O–H groups in total. The number of carboxylic acid groups (broad SMARTS) is 1. The van der Waals surface area contributed by atoms with Crippen molar-refractivity contribution in [2.24, 2.45) is 0 Å². The van der Waals surface area contributed by atoms with Crippen LogP contribution in [0.3, 0.4) is 0 Å². The summed E-state index contributed by atoms with van der Waals surface area (Å²) in [7, 11) is 1.38. The molecule has 2 fully saturated rings. The number of piperidine rings is 1. The van der Waals surface area contributed by atoms with Crippen molar-refractivity contribution in [3.8, 4) is 11.3 Å². The number of thiazole rings is 1. The molecule has 0 bridgehead atoms. The molecule has 0 amide bonds. The number of anilines is 1. The topological polar surface area (TPSA) is 109 Å². The Morgan fingerprint density at radius 1 is 1.16 bits per heavy atom. The molecular weight excluding hydrogens is 590 g/mol. The normalized spacial score (nSPS) is 19.1. The summed E-state index contributed by atoms with van der Waals surface area (Å²) in [5, 5.41) is 9.92. The summed E-state index contributed by atoms with van der Waals surface area (Å²) in [6, 6.07) is 3.13. The molecular formula is C29H31F4N5O4S. The first-order chi connectivity index (χ1) is 20.4. The first-order valence-corrected chi connectivity index (χ1v) is 14.7. The Bertz CT molecular complexity index is 1490. The number of Topliss-reactive ketones (excluding diaryl/α,β-unsaturated/α-hetero) is 1. The third kappa shape index (κ3) is 6.55. The molecule has 2 aliphatic rings. The van der Waals surface area contributed by atoms with E-state index in [1.54, 1.807) is 0 Å². The minimum absolute atomic E-state index is 0.102. The van der Waals surface area contributed by atoms with Crippen molar-refractivity contribution in [3.05, 3.63) is 57.6 Å². The van der Waals surface area contributed by atoms with Crippen molar-refractivity contribution >= 4 is 28.9 Å². The highest BCUT2D eigenvalue weighted by molar-refractivity contribution is 7.12. The molecule has 230 valence electrons. The fraction of sp³-hybridized carbons (Fsp3) is 0.483. The van der Waals surface area contributed by atoms with E-state index in [0.29, 0.717) is 47.1 Å². The van der Waals surface area contributed by atoms with E-state index in [0.717, 1.165) is 31.5 Å². The lowest BCUT2D eigenvalue weighted by Gasteiger charge is -2.38. The standard InChI is InChI=1S/C29H31F4N5O4S/c1-17-4-3-9-38(17)16-23-26(18-5-6-20(30)19(12-18)29(31,32)33)36-25(43-23)13-22(39)21-14-35-24(15-34-21)37-10-7-28(42-2,8-11-37)27(40)41/h5-6,12,14-15,17H,3-4,7-11,13,16H2,1-2H3,(H,40,41)/t17-/m1/s1. The summed E-state index contributed by atoms with van der Waals surface area (Å²) in [5.74, 6) is -2.23. The third-order valence-corrected chi connectivity index (χ3v) is 9.28. The Balaban J connectivity index is 1.34. The van der Waals surface area contributed by atoms with E-state index in [-0.39, 0.29) is 36.3 Å². The second-order valence-corrected chi connectivity index (χ2v) is 12.1. The molecule has 9 nitrogen and oxygen atoms in total. The second kappa shape index (κ2) is 12.2. The summed E-state index contributed by atoms with van der Waals surface area (Å²) < 4.78 is 59.7. The number of likely N-dealkylation sites (tertiary alicyclic amines) is 1. The second-order valence-electron chi connectivity index (χ2n) is 10.9. The molecule has 0 saturated carbocycles. The highest BCUT2D eigenvalue weighted by atomic mass is 32.1. The largest absolute Gasteiger partial charge is 0.479 e. The number of carbonyl (C=O) groups excluding carboxylic acids is 1. The number of halogens is 4. The number of hydrogen-bond donors (Lipinski definition) is 1. The van der Waals surface area contributed by atoms with Gasteiger partial charge in [0.05, 0.1) is 30.1 Å². The van der Waals surface area contributed by atoms with E-state index >= 15 is 0 Å². The van der Waals surface area contributed by atoms with Gasteiger partial charge in [-0.15, -0.1) is 11.3 Å². The maximum absolute atomic E-state index is 14.0. The predicted molar refractivity (Wildman–Crippen MR) is 151 cm³/mol.